The highest BCUT2D eigenvalue weighted by Gasteiger charge is 2.09. The Bertz CT molecular complexity index is 885. The molecule has 0 atom stereocenters. The molecule has 0 saturated heterocycles. The summed E-state index contributed by atoms with van der Waals surface area (Å²) in [6.45, 7) is 0.732. The van der Waals surface area contributed by atoms with Gasteiger partial charge in [-0.1, -0.05) is 28.1 Å². The average Bonchev–Trinajstić information content (AvgIpc) is 3.36. The number of nitrogens with one attached hydrogen (secondary N) is 2. The second kappa shape index (κ2) is 9.23. The summed E-state index contributed by atoms with van der Waals surface area (Å²) < 4.78 is 11.8. The molecule has 0 saturated carbocycles. The molecule has 2 amide bonds. The van der Waals surface area contributed by atoms with Gasteiger partial charge in [0.1, 0.15) is 11.5 Å². The molecule has 2 N–H and O–H groups in total. The molecular formula is C20H19BrN2O4. The lowest BCUT2D eigenvalue weighted by Crippen LogP contribution is -2.27. The molecule has 0 fully saturated rings. The molecule has 0 radical (unpaired) electrons. The largest absolute Gasteiger partial charge is 0.459 e. The molecule has 2 heterocycles. The van der Waals surface area contributed by atoms with Crippen LogP contribution < -0.4 is 10.6 Å². The Morgan fingerprint density at radius 2 is 1.81 bits per heavy atom. The van der Waals surface area contributed by atoms with E-state index in [2.05, 4.69) is 26.6 Å². The number of hydrogen-bond donors (Lipinski definition) is 2. The van der Waals surface area contributed by atoms with E-state index < -0.39 is 0 Å². The van der Waals surface area contributed by atoms with Gasteiger partial charge in [-0.15, -0.1) is 0 Å². The van der Waals surface area contributed by atoms with Crippen LogP contribution >= 0.6 is 15.9 Å². The van der Waals surface area contributed by atoms with Crippen LogP contribution in [0.15, 0.2) is 68.1 Å². The summed E-state index contributed by atoms with van der Waals surface area (Å²) in [6.07, 6.45) is 2.30. The van der Waals surface area contributed by atoms with E-state index in [1.165, 1.54) is 6.26 Å². The number of halogens is 1. The quantitative estimate of drug-likeness (QED) is 0.526. The fourth-order valence-electron chi connectivity index (χ4n) is 2.46. The minimum atomic E-state index is -0.281. The van der Waals surface area contributed by atoms with Gasteiger partial charge in [-0.05, 0) is 42.8 Å². The third-order valence-electron chi connectivity index (χ3n) is 3.86. The molecule has 2 aromatic heterocycles. The lowest BCUT2D eigenvalue weighted by atomic mass is 10.2. The molecule has 0 bridgehead atoms. The molecule has 3 aromatic rings. The van der Waals surface area contributed by atoms with Gasteiger partial charge >= 0.3 is 0 Å². The summed E-state index contributed by atoms with van der Waals surface area (Å²) in [5.41, 5.74) is 0.975. The van der Waals surface area contributed by atoms with Gasteiger partial charge in [0.05, 0.1) is 12.8 Å². The Morgan fingerprint density at radius 3 is 2.56 bits per heavy atom. The smallest absolute Gasteiger partial charge is 0.286 e. The van der Waals surface area contributed by atoms with Crippen LogP contribution in [0, 0.1) is 0 Å². The summed E-state index contributed by atoms with van der Waals surface area (Å²) in [5.74, 6) is 1.33. The molecule has 0 aliphatic rings. The Labute approximate surface area is 165 Å². The SMILES string of the molecule is O=C(CCCNC(=O)c1ccco1)NCc1ccc(-c2ccc(Br)cc2)o1. The van der Waals surface area contributed by atoms with Crippen LogP contribution in [0.25, 0.3) is 11.3 Å². The molecule has 140 valence electrons. The summed E-state index contributed by atoms with van der Waals surface area (Å²) in [7, 11) is 0. The summed E-state index contributed by atoms with van der Waals surface area (Å²) in [5, 5.41) is 5.52. The number of amides is 2. The van der Waals surface area contributed by atoms with Crippen molar-refractivity contribution in [2.45, 2.75) is 19.4 Å². The van der Waals surface area contributed by atoms with Crippen LogP contribution in [0.1, 0.15) is 29.2 Å². The molecule has 7 heteroatoms. The monoisotopic (exact) mass is 430 g/mol. The van der Waals surface area contributed by atoms with E-state index in [4.69, 9.17) is 8.83 Å². The van der Waals surface area contributed by atoms with Gasteiger partial charge in [-0.3, -0.25) is 9.59 Å². The number of carbonyl (C=O) groups is 2. The van der Waals surface area contributed by atoms with Gasteiger partial charge in [-0.2, -0.15) is 0 Å². The number of hydrogen-bond acceptors (Lipinski definition) is 4. The van der Waals surface area contributed by atoms with E-state index in [1.807, 2.05) is 36.4 Å². The highest BCUT2D eigenvalue weighted by molar-refractivity contribution is 9.10. The molecule has 0 unspecified atom stereocenters. The second-order valence-electron chi connectivity index (χ2n) is 5.89. The maximum Gasteiger partial charge on any atom is 0.286 e. The first-order chi connectivity index (χ1) is 13.1. The van der Waals surface area contributed by atoms with Crippen molar-refractivity contribution in [3.8, 4) is 11.3 Å². The predicted octanol–water partition coefficient (Wildman–Crippen LogP) is 4.13. The van der Waals surface area contributed by atoms with Crippen molar-refractivity contribution in [1.82, 2.24) is 10.6 Å². The molecule has 0 aliphatic carbocycles. The van der Waals surface area contributed by atoms with E-state index in [0.29, 0.717) is 31.7 Å². The fourth-order valence-corrected chi connectivity index (χ4v) is 2.73. The minimum Gasteiger partial charge on any atom is -0.459 e. The van der Waals surface area contributed by atoms with Gasteiger partial charge < -0.3 is 19.5 Å². The van der Waals surface area contributed by atoms with E-state index >= 15 is 0 Å². The van der Waals surface area contributed by atoms with Gasteiger partial charge in [0, 0.05) is 23.0 Å². The Kier molecular flexibility index (Phi) is 6.49. The average molecular weight is 431 g/mol. The molecule has 1 aromatic carbocycles. The Balaban J connectivity index is 1.37. The highest BCUT2D eigenvalue weighted by atomic mass is 79.9. The maximum atomic E-state index is 11.9. The van der Waals surface area contributed by atoms with Gasteiger partial charge in [0.25, 0.3) is 5.91 Å². The standard InChI is InChI=1S/C20H19BrN2O4/c21-15-7-5-14(6-8-15)17-10-9-16(27-17)13-23-19(24)4-1-11-22-20(25)18-3-2-12-26-18/h2-3,5-10,12H,1,4,11,13H2,(H,22,25)(H,23,24). The number of furan rings is 2. The second-order valence-corrected chi connectivity index (χ2v) is 6.80. The van der Waals surface area contributed by atoms with Crippen LogP contribution in [0.3, 0.4) is 0 Å². The Morgan fingerprint density at radius 1 is 1.00 bits per heavy atom. The fraction of sp³-hybridized carbons (Fsp3) is 0.200. The van der Waals surface area contributed by atoms with Crippen molar-refractivity contribution in [2.75, 3.05) is 6.54 Å². The number of rotatable bonds is 8. The van der Waals surface area contributed by atoms with Gasteiger partial charge in [0.2, 0.25) is 5.91 Å². The zero-order valence-electron chi connectivity index (χ0n) is 14.5. The number of benzene rings is 1. The molecule has 0 spiro atoms. The van der Waals surface area contributed by atoms with Crippen LogP contribution in [0.4, 0.5) is 0 Å². The predicted molar refractivity (Wildman–Crippen MR) is 104 cm³/mol. The highest BCUT2D eigenvalue weighted by Crippen LogP contribution is 2.23. The van der Waals surface area contributed by atoms with Gasteiger partial charge in [0.15, 0.2) is 5.76 Å². The molecular weight excluding hydrogens is 412 g/mol. The van der Waals surface area contributed by atoms with E-state index in [0.717, 1.165) is 15.8 Å². The van der Waals surface area contributed by atoms with Crippen molar-refractivity contribution in [2.24, 2.45) is 0 Å². The first-order valence-electron chi connectivity index (χ1n) is 8.55. The Hall–Kier alpha value is -2.80. The van der Waals surface area contributed by atoms with Gasteiger partial charge in [-0.25, -0.2) is 0 Å². The van der Waals surface area contributed by atoms with E-state index in [1.54, 1.807) is 12.1 Å². The van der Waals surface area contributed by atoms with Crippen molar-refractivity contribution < 1.29 is 18.4 Å². The zero-order valence-corrected chi connectivity index (χ0v) is 16.1. The number of carbonyl (C=O) groups excluding carboxylic acids is 2. The summed E-state index contributed by atoms with van der Waals surface area (Å²) in [4.78, 5) is 23.6. The van der Waals surface area contributed by atoms with Crippen LogP contribution in [-0.4, -0.2) is 18.4 Å². The maximum absolute atomic E-state index is 11.9. The molecule has 3 rings (SSSR count). The minimum absolute atomic E-state index is 0.0937. The van der Waals surface area contributed by atoms with Crippen molar-refractivity contribution in [1.29, 1.82) is 0 Å². The molecule has 0 aliphatic heterocycles. The van der Waals surface area contributed by atoms with Crippen molar-refractivity contribution >= 4 is 27.7 Å². The summed E-state index contributed by atoms with van der Waals surface area (Å²) in [6, 6.07) is 14.8. The zero-order chi connectivity index (χ0) is 19.1. The normalized spacial score (nSPS) is 10.6. The third-order valence-corrected chi connectivity index (χ3v) is 4.39. The topological polar surface area (TPSA) is 84.5 Å². The van der Waals surface area contributed by atoms with Crippen LogP contribution in [-0.2, 0) is 11.3 Å². The lowest BCUT2D eigenvalue weighted by Gasteiger charge is -2.05. The first kappa shape index (κ1) is 19.0. The lowest BCUT2D eigenvalue weighted by molar-refractivity contribution is -0.121. The van der Waals surface area contributed by atoms with E-state index in [9.17, 15) is 9.59 Å². The molecule has 6 nitrogen and oxygen atoms in total. The molecule has 27 heavy (non-hydrogen) atoms. The van der Waals surface area contributed by atoms with Crippen molar-refractivity contribution in [3.63, 3.8) is 0 Å². The van der Waals surface area contributed by atoms with Crippen molar-refractivity contribution in [3.05, 3.63) is 70.8 Å². The summed E-state index contributed by atoms with van der Waals surface area (Å²) >= 11 is 3.40. The third kappa shape index (κ3) is 5.59. The van der Waals surface area contributed by atoms with E-state index in [-0.39, 0.29) is 17.6 Å². The first-order valence-corrected chi connectivity index (χ1v) is 9.34. The van der Waals surface area contributed by atoms with Crippen LogP contribution in [0.5, 0.6) is 0 Å². The van der Waals surface area contributed by atoms with Crippen LogP contribution in [0.2, 0.25) is 0 Å².